The summed E-state index contributed by atoms with van der Waals surface area (Å²) in [7, 11) is 0. The Morgan fingerprint density at radius 3 is 2.78 bits per heavy atom. The zero-order chi connectivity index (χ0) is 14.8. The normalized spacial score (nSPS) is 12.7. The average molecular weight is 359 g/mol. The van der Waals surface area contributed by atoms with Gasteiger partial charge in [0.2, 0.25) is 5.82 Å². The highest BCUT2D eigenvalue weighted by Crippen LogP contribution is 2.30. The molecule has 3 rings (SSSR count). The molecule has 2 aromatic rings. The van der Waals surface area contributed by atoms with Gasteiger partial charge in [0.1, 0.15) is 12.4 Å². The second-order valence-electron chi connectivity index (χ2n) is 4.73. The summed E-state index contributed by atoms with van der Waals surface area (Å²) < 4.78 is 5.61. The van der Waals surface area contributed by atoms with Crippen LogP contribution in [0.2, 0.25) is 0 Å². The lowest BCUT2D eigenvalue weighted by molar-refractivity contribution is -0.384. The van der Waals surface area contributed by atoms with Gasteiger partial charge in [-0.25, -0.2) is 4.98 Å². The fourth-order valence-corrected chi connectivity index (χ4v) is 2.26. The number of nitrogen functional groups attached to an aromatic ring is 1. The summed E-state index contributed by atoms with van der Waals surface area (Å²) in [5.74, 6) is 0.755. The molecule has 1 aliphatic rings. The number of nitrogens with one attached hydrogen (secondary N) is 1. The van der Waals surface area contributed by atoms with E-state index in [2.05, 4.69) is 10.3 Å². The van der Waals surface area contributed by atoms with Gasteiger partial charge in [-0.15, -0.1) is 24.8 Å². The molecule has 0 aliphatic carbocycles. The summed E-state index contributed by atoms with van der Waals surface area (Å²) in [6.07, 6.45) is 1.54. The minimum absolute atomic E-state index is 0. The summed E-state index contributed by atoms with van der Waals surface area (Å²) in [4.78, 5) is 14.3. The first-order valence-electron chi connectivity index (χ1n) is 6.52. The molecule has 1 aliphatic heterocycles. The van der Waals surface area contributed by atoms with Crippen molar-refractivity contribution in [1.29, 1.82) is 0 Å². The minimum Gasteiger partial charge on any atom is -0.492 e. The number of nitro groups is 1. The van der Waals surface area contributed by atoms with Crippen molar-refractivity contribution in [3.8, 4) is 16.9 Å². The molecule has 0 bridgehead atoms. The van der Waals surface area contributed by atoms with Crippen LogP contribution < -0.4 is 15.8 Å². The maximum absolute atomic E-state index is 10.9. The number of aromatic nitrogens is 1. The summed E-state index contributed by atoms with van der Waals surface area (Å²) in [6.45, 7) is 2.12. The predicted octanol–water partition coefficient (Wildman–Crippen LogP) is 2.56. The Morgan fingerprint density at radius 1 is 1.26 bits per heavy atom. The largest absolute Gasteiger partial charge is 0.492 e. The number of rotatable bonds is 2. The lowest BCUT2D eigenvalue weighted by atomic mass is 10.0. The van der Waals surface area contributed by atoms with Crippen molar-refractivity contribution in [1.82, 2.24) is 10.3 Å². The van der Waals surface area contributed by atoms with Crippen molar-refractivity contribution in [3.05, 3.63) is 46.1 Å². The highest BCUT2D eigenvalue weighted by molar-refractivity contribution is 5.85. The first-order chi connectivity index (χ1) is 10.1. The van der Waals surface area contributed by atoms with Gasteiger partial charge < -0.3 is 15.8 Å². The van der Waals surface area contributed by atoms with Crippen LogP contribution in [0.25, 0.3) is 11.1 Å². The lowest BCUT2D eigenvalue weighted by Crippen LogP contribution is -2.16. The molecule has 0 amide bonds. The van der Waals surface area contributed by atoms with Gasteiger partial charge in [0.15, 0.2) is 0 Å². The number of halogens is 2. The van der Waals surface area contributed by atoms with Gasteiger partial charge in [0, 0.05) is 36.5 Å². The van der Waals surface area contributed by atoms with Crippen molar-refractivity contribution in [2.75, 3.05) is 18.9 Å². The van der Waals surface area contributed by atoms with Gasteiger partial charge in [-0.1, -0.05) is 6.07 Å². The Bertz CT molecular complexity index is 712. The molecule has 0 fully saturated rings. The third-order valence-electron chi connectivity index (χ3n) is 3.34. The summed E-state index contributed by atoms with van der Waals surface area (Å²) in [5.41, 5.74) is 7.85. The van der Waals surface area contributed by atoms with Crippen LogP contribution >= 0.6 is 24.8 Å². The number of nitrogens with zero attached hydrogens (tertiary/aromatic N) is 2. The maximum Gasteiger partial charge on any atom is 0.311 e. The van der Waals surface area contributed by atoms with E-state index in [1.54, 1.807) is 0 Å². The first-order valence-corrected chi connectivity index (χ1v) is 6.52. The van der Waals surface area contributed by atoms with E-state index in [0.29, 0.717) is 18.7 Å². The molecule has 1 aromatic heterocycles. The Labute approximate surface area is 145 Å². The van der Waals surface area contributed by atoms with Crippen molar-refractivity contribution < 1.29 is 9.66 Å². The Hall–Kier alpha value is -2.09. The van der Waals surface area contributed by atoms with E-state index in [4.69, 9.17) is 10.5 Å². The first kappa shape index (κ1) is 19.0. The highest BCUT2D eigenvalue weighted by Gasteiger charge is 2.15. The molecule has 0 unspecified atom stereocenters. The van der Waals surface area contributed by atoms with Gasteiger partial charge >= 0.3 is 5.69 Å². The van der Waals surface area contributed by atoms with E-state index in [9.17, 15) is 10.1 Å². The van der Waals surface area contributed by atoms with E-state index in [0.717, 1.165) is 23.4 Å². The van der Waals surface area contributed by atoms with Crippen molar-refractivity contribution >= 4 is 36.3 Å². The molecule has 0 atom stereocenters. The van der Waals surface area contributed by atoms with Gasteiger partial charge in [-0.05, 0) is 17.7 Å². The third kappa shape index (κ3) is 4.01. The van der Waals surface area contributed by atoms with Gasteiger partial charge in [0.25, 0.3) is 0 Å². The summed E-state index contributed by atoms with van der Waals surface area (Å²) in [5, 5.41) is 14.2. The number of pyridine rings is 1. The lowest BCUT2D eigenvalue weighted by Gasteiger charge is -2.09. The smallest absolute Gasteiger partial charge is 0.311 e. The highest BCUT2D eigenvalue weighted by atomic mass is 35.5. The van der Waals surface area contributed by atoms with E-state index < -0.39 is 4.92 Å². The zero-order valence-corrected chi connectivity index (χ0v) is 13.7. The van der Waals surface area contributed by atoms with E-state index in [-0.39, 0.29) is 36.3 Å². The van der Waals surface area contributed by atoms with Crippen LogP contribution in [0, 0.1) is 10.1 Å². The molecule has 3 N–H and O–H groups in total. The van der Waals surface area contributed by atoms with Crippen molar-refractivity contribution in [3.63, 3.8) is 0 Å². The molecule has 124 valence electrons. The molecular weight excluding hydrogens is 343 g/mol. The van der Waals surface area contributed by atoms with Crippen LogP contribution in [-0.4, -0.2) is 23.1 Å². The number of hydrogen-bond donors (Lipinski definition) is 2. The molecule has 9 heteroatoms. The number of fused-ring (bicyclic) bond motifs is 1. The fourth-order valence-electron chi connectivity index (χ4n) is 2.26. The molecule has 1 aromatic carbocycles. The molecule has 0 saturated heterocycles. The second kappa shape index (κ2) is 7.96. The number of benzene rings is 1. The number of nitrogens with two attached hydrogens (primary N) is 1. The van der Waals surface area contributed by atoms with Gasteiger partial charge in [-0.3, -0.25) is 10.1 Å². The summed E-state index contributed by atoms with van der Waals surface area (Å²) >= 11 is 0. The predicted molar refractivity (Wildman–Crippen MR) is 92.4 cm³/mol. The van der Waals surface area contributed by atoms with Crippen LogP contribution in [-0.2, 0) is 6.54 Å². The van der Waals surface area contributed by atoms with Crippen LogP contribution in [0.5, 0.6) is 5.75 Å². The minimum atomic E-state index is -0.528. The topological polar surface area (TPSA) is 103 Å². The second-order valence-corrected chi connectivity index (χ2v) is 4.73. The quantitative estimate of drug-likeness (QED) is 0.631. The van der Waals surface area contributed by atoms with Gasteiger partial charge in [-0.2, -0.15) is 0 Å². The van der Waals surface area contributed by atoms with E-state index in [1.165, 1.54) is 12.3 Å². The molecule has 0 radical (unpaired) electrons. The molecule has 2 heterocycles. The molecular formula is C14H16Cl2N4O3. The van der Waals surface area contributed by atoms with E-state index >= 15 is 0 Å². The summed E-state index contributed by atoms with van der Waals surface area (Å²) in [6, 6.07) is 7.13. The Kier molecular flexibility index (Phi) is 6.56. The zero-order valence-electron chi connectivity index (χ0n) is 12.0. The van der Waals surface area contributed by atoms with Gasteiger partial charge in [0.05, 0.1) is 4.92 Å². The van der Waals surface area contributed by atoms with Crippen LogP contribution in [0.4, 0.5) is 11.5 Å². The monoisotopic (exact) mass is 358 g/mol. The van der Waals surface area contributed by atoms with Crippen LogP contribution in [0.1, 0.15) is 5.56 Å². The fraction of sp³-hybridized carbons (Fsp3) is 0.214. The SMILES string of the molecule is Cl.Cl.Nc1ncc(-c2ccc3c(c2)CNCCO3)cc1[N+](=O)[O-]. The standard InChI is InChI=1S/C14H14N4O3.2ClH/c15-14-12(18(19)20)6-10(8-17-14)9-1-2-13-11(5-9)7-16-3-4-21-13;;/h1-2,5-6,8,16H,3-4,7H2,(H2,15,17);2*1H. The number of anilines is 1. The number of ether oxygens (including phenoxy) is 1. The maximum atomic E-state index is 10.9. The Balaban J connectivity index is 0.00000132. The molecule has 0 saturated carbocycles. The van der Waals surface area contributed by atoms with Crippen molar-refractivity contribution in [2.24, 2.45) is 0 Å². The third-order valence-corrected chi connectivity index (χ3v) is 3.34. The number of hydrogen-bond acceptors (Lipinski definition) is 6. The van der Waals surface area contributed by atoms with Crippen LogP contribution in [0.3, 0.4) is 0 Å². The van der Waals surface area contributed by atoms with Crippen LogP contribution in [0.15, 0.2) is 30.5 Å². The van der Waals surface area contributed by atoms with Crippen molar-refractivity contribution in [2.45, 2.75) is 6.54 Å². The molecule has 7 nitrogen and oxygen atoms in total. The average Bonchev–Trinajstić information content (AvgIpc) is 2.72. The van der Waals surface area contributed by atoms with E-state index in [1.807, 2.05) is 18.2 Å². The molecule has 0 spiro atoms. The Morgan fingerprint density at radius 2 is 2.04 bits per heavy atom. The molecule has 23 heavy (non-hydrogen) atoms.